The molecule has 7 nitrogen and oxygen atoms in total. The maximum absolute atomic E-state index is 13.6. The number of nitrogen functional groups attached to an aromatic ring is 1. The Morgan fingerprint density at radius 1 is 1.16 bits per heavy atom. The number of benzene rings is 2. The molecule has 9 heteroatoms. The van der Waals surface area contributed by atoms with Gasteiger partial charge < -0.3 is 25.6 Å². The largest absolute Gasteiger partial charge is 0.494 e. The van der Waals surface area contributed by atoms with Crippen molar-refractivity contribution in [3.8, 4) is 5.75 Å². The number of piperazine rings is 1. The molecule has 0 spiro atoms. The molecule has 4 rings (SSSR count). The topological polar surface area (TPSA) is 83.7 Å². The van der Waals surface area contributed by atoms with Crippen LogP contribution in [-0.2, 0) is 0 Å². The quantitative estimate of drug-likeness (QED) is 0.566. The van der Waals surface area contributed by atoms with E-state index in [1.165, 1.54) is 31.0 Å². The Balaban J connectivity index is 1.47. The van der Waals surface area contributed by atoms with Gasteiger partial charge in [0.1, 0.15) is 10.7 Å². The van der Waals surface area contributed by atoms with Crippen molar-refractivity contribution in [1.29, 1.82) is 0 Å². The van der Waals surface area contributed by atoms with Crippen molar-refractivity contribution in [3.63, 3.8) is 0 Å². The van der Waals surface area contributed by atoms with E-state index in [0.717, 1.165) is 43.2 Å². The maximum Gasteiger partial charge on any atom is 0.206 e. The second-order valence-electron chi connectivity index (χ2n) is 7.37. The third-order valence-electron chi connectivity index (χ3n) is 5.26. The molecule has 0 amide bonds. The van der Waals surface area contributed by atoms with Crippen LogP contribution in [0, 0.1) is 5.82 Å². The zero-order chi connectivity index (χ0) is 22.0. The number of rotatable bonds is 6. The van der Waals surface area contributed by atoms with E-state index < -0.39 is 5.82 Å². The molecule has 0 radical (unpaired) electrons. The minimum atomic E-state index is -0.529. The Morgan fingerprint density at radius 2 is 1.87 bits per heavy atom. The van der Waals surface area contributed by atoms with Gasteiger partial charge in [0.05, 0.1) is 7.11 Å². The number of ketones is 1. The van der Waals surface area contributed by atoms with Crippen molar-refractivity contribution in [2.75, 3.05) is 56.3 Å². The Labute approximate surface area is 184 Å². The molecule has 1 aromatic heterocycles. The van der Waals surface area contributed by atoms with Crippen LogP contribution in [0.4, 0.5) is 26.7 Å². The Kier molecular flexibility index (Phi) is 6.06. The molecule has 0 aliphatic carbocycles. The number of hydrogen-bond donors (Lipinski definition) is 2. The van der Waals surface area contributed by atoms with Crippen LogP contribution in [0.1, 0.15) is 15.2 Å². The van der Waals surface area contributed by atoms with Gasteiger partial charge in [0.25, 0.3) is 0 Å². The number of likely N-dealkylation sites (N-methyl/N-ethyl adjacent to an activating group) is 1. The van der Waals surface area contributed by atoms with Gasteiger partial charge >= 0.3 is 0 Å². The van der Waals surface area contributed by atoms with Gasteiger partial charge in [0, 0.05) is 43.1 Å². The number of hydrogen-bond acceptors (Lipinski definition) is 8. The maximum atomic E-state index is 13.6. The summed E-state index contributed by atoms with van der Waals surface area (Å²) in [6.07, 6.45) is 0. The van der Waals surface area contributed by atoms with E-state index in [1.54, 1.807) is 0 Å². The van der Waals surface area contributed by atoms with Crippen molar-refractivity contribution in [3.05, 3.63) is 58.7 Å². The molecule has 1 aliphatic heterocycles. The summed E-state index contributed by atoms with van der Waals surface area (Å²) in [5.41, 5.74) is 8.31. The number of nitrogens with zero attached hydrogens (tertiary/aromatic N) is 3. The highest BCUT2D eigenvalue weighted by molar-refractivity contribution is 7.18. The van der Waals surface area contributed by atoms with Crippen LogP contribution in [0.3, 0.4) is 0 Å². The number of carbonyl (C=O) groups is 1. The highest BCUT2D eigenvalue weighted by Gasteiger charge is 2.20. The number of thiazole rings is 1. The van der Waals surface area contributed by atoms with E-state index in [-0.39, 0.29) is 22.9 Å². The first kappa shape index (κ1) is 21.1. The fourth-order valence-electron chi connectivity index (χ4n) is 3.42. The normalized spacial score (nSPS) is 14.5. The first-order valence-electron chi connectivity index (χ1n) is 9.89. The van der Waals surface area contributed by atoms with Gasteiger partial charge in [-0.05, 0) is 49.5 Å². The van der Waals surface area contributed by atoms with E-state index in [2.05, 4.69) is 39.3 Å². The van der Waals surface area contributed by atoms with Gasteiger partial charge in [0.2, 0.25) is 5.78 Å². The van der Waals surface area contributed by atoms with Crippen LogP contribution in [0.15, 0.2) is 42.5 Å². The molecule has 0 saturated carbocycles. The Morgan fingerprint density at radius 3 is 2.55 bits per heavy atom. The molecule has 2 heterocycles. The predicted octanol–water partition coefficient (Wildman–Crippen LogP) is 3.60. The lowest BCUT2D eigenvalue weighted by molar-refractivity contribution is 0.104. The Hall–Kier alpha value is -3.17. The molecule has 3 N–H and O–H groups in total. The van der Waals surface area contributed by atoms with E-state index in [4.69, 9.17) is 10.5 Å². The van der Waals surface area contributed by atoms with Gasteiger partial charge in [0.15, 0.2) is 16.7 Å². The first-order chi connectivity index (χ1) is 14.9. The van der Waals surface area contributed by atoms with Crippen LogP contribution in [-0.4, -0.2) is 56.0 Å². The van der Waals surface area contributed by atoms with Gasteiger partial charge in [-0.15, -0.1) is 0 Å². The highest BCUT2D eigenvalue weighted by atomic mass is 32.1. The number of aromatic nitrogens is 1. The molecule has 162 valence electrons. The van der Waals surface area contributed by atoms with E-state index in [9.17, 15) is 9.18 Å². The molecule has 1 aliphatic rings. The standard InChI is InChI=1S/C22H24FN5O2S/c1-27-9-11-28(12-10-27)16-6-4-15(5-7-16)25-22-26-21(24)20(31-22)19(29)14-3-8-17(23)18(13-14)30-2/h3-8,13H,9-12,24H2,1-2H3,(H,25,26). The minimum absolute atomic E-state index is 0.00715. The lowest BCUT2D eigenvalue weighted by Gasteiger charge is -2.34. The smallest absolute Gasteiger partial charge is 0.206 e. The van der Waals surface area contributed by atoms with Crippen molar-refractivity contribution < 1.29 is 13.9 Å². The second kappa shape index (κ2) is 8.91. The summed E-state index contributed by atoms with van der Waals surface area (Å²) >= 11 is 1.16. The van der Waals surface area contributed by atoms with Crippen molar-refractivity contribution >= 4 is 39.4 Å². The van der Waals surface area contributed by atoms with E-state index >= 15 is 0 Å². The summed E-state index contributed by atoms with van der Waals surface area (Å²) in [6.45, 7) is 4.11. The number of ether oxygens (including phenoxy) is 1. The van der Waals surface area contributed by atoms with Crippen LogP contribution in [0.2, 0.25) is 0 Å². The predicted molar refractivity (Wildman–Crippen MR) is 122 cm³/mol. The average molecular weight is 442 g/mol. The molecular weight excluding hydrogens is 417 g/mol. The third-order valence-corrected chi connectivity index (χ3v) is 6.25. The lowest BCUT2D eigenvalue weighted by Crippen LogP contribution is -2.44. The van der Waals surface area contributed by atoms with Crippen LogP contribution in [0.5, 0.6) is 5.75 Å². The first-order valence-corrected chi connectivity index (χ1v) is 10.7. The minimum Gasteiger partial charge on any atom is -0.494 e. The SMILES string of the molecule is COc1cc(C(=O)c2sc(Nc3ccc(N4CCN(C)CC4)cc3)nc2N)ccc1F. The second-order valence-corrected chi connectivity index (χ2v) is 8.37. The van der Waals surface area contributed by atoms with Gasteiger partial charge in [-0.2, -0.15) is 0 Å². The summed E-state index contributed by atoms with van der Waals surface area (Å²) in [5, 5.41) is 3.72. The molecule has 1 saturated heterocycles. The molecule has 31 heavy (non-hydrogen) atoms. The summed E-state index contributed by atoms with van der Waals surface area (Å²) in [6, 6.07) is 12.1. The van der Waals surface area contributed by atoms with Gasteiger partial charge in [-0.3, -0.25) is 4.79 Å². The number of nitrogens with two attached hydrogens (primary N) is 1. The number of carbonyl (C=O) groups excluding carboxylic acids is 1. The molecular formula is C22H24FN5O2S. The molecule has 0 atom stereocenters. The summed E-state index contributed by atoms with van der Waals surface area (Å²) in [4.78, 5) is 22.1. The summed E-state index contributed by atoms with van der Waals surface area (Å²) in [7, 11) is 3.49. The monoisotopic (exact) mass is 441 g/mol. The van der Waals surface area contributed by atoms with E-state index in [0.29, 0.717) is 10.0 Å². The number of methoxy groups -OCH3 is 1. The fraction of sp³-hybridized carbons (Fsp3) is 0.273. The van der Waals surface area contributed by atoms with Crippen LogP contribution in [0.25, 0.3) is 0 Å². The number of halogens is 1. The molecule has 2 aromatic carbocycles. The average Bonchev–Trinajstić information content (AvgIpc) is 3.14. The molecule has 3 aromatic rings. The zero-order valence-corrected chi connectivity index (χ0v) is 18.2. The molecule has 0 unspecified atom stereocenters. The number of nitrogens with one attached hydrogen (secondary N) is 1. The summed E-state index contributed by atoms with van der Waals surface area (Å²) < 4.78 is 18.6. The molecule has 1 fully saturated rings. The van der Waals surface area contributed by atoms with Crippen molar-refractivity contribution in [1.82, 2.24) is 9.88 Å². The third kappa shape index (κ3) is 4.62. The van der Waals surface area contributed by atoms with Crippen molar-refractivity contribution in [2.45, 2.75) is 0 Å². The Bertz CT molecular complexity index is 1080. The molecule has 0 bridgehead atoms. The van der Waals surface area contributed by atoms with Crippen LogP contribution >= 0.6 is 11.3 Å². The van der Waals surface area contributed by atoms with Crippen molar-refractivity contribution in [2.24, 2.45) is 0 Å². The van der Waals surface area contributed by atoms with Gasteiger partial charge in [-0.25, -0.2) is 9.37 Å². The summed E-state index contributed by atoms with van der Waals surface area (Å²) in [5.74, 6) is -0.715. The van der Waals surface area contributed by atoms with Gasteiger partial charge in [-0.1, -0.05) is 11.3 Å². The fourth-order valence-corrected chi connectivity index (χ4v) is 4.29. The highest BCUT2D eigenvalue weighted by Crippen LogP contribution is 2.31. The number of anilines is 4. The van der Waals surface area contributed by atoms with Crippen LogP contribution < -0.4 is 20.7 Å². The lowest BCUT2D eigenvalue weighted by atomic mass is 10.1. The zero-order valence-electron chi connectivity index (χ0n) is 17.4. The van der Waals surface area contributed by atoms with E-state index in [1.807, 2.05) is 12.1 Å².